The Hall–Kier alpha value is -0.880. The van der Waals surface area contributed by atoms with Crippen molar-refractivity contribution in [1.29, 1.82) is 0 Å². The average Bonchev–Trinajstić information content (AvgIpc) is 2.38. The third-order valence-corrected chi connectivity index (χ3v) is 3.72. The Balaban J connectivity index is 1.89. The van der Waals surface area contributed by atoms with Gasteiger partial charge in [-0.05, 0) is 48.3 Å². The molecule has 0 amide bonds. The zero-order valence-corrected chi connectivity index (χ0v) is 12.4. The number of hydrogen-bond donors (Lipinski definition) is 1. The molecule has 0 aliphatic carbocycles. The lowest BCUT2D eigenvalue weighted by Crippen LogP contribution is -2.35. The molecule has 1 aliphatic rings. The topological polar surface area (TPSA) is 50.3 Å². The van der Waals surface area contributed by atoms with Crippen LogP contribution in [-0.4, -0.2) is 48.7 Å². The van der Waals surface area contributed by atoms with Crippen LogP contribution >= 0.6 is 15.9 Å². The van der Waals surface area contributed by atoms with Gasteiger partial charge in [0.1, 0.15) is 0 Å². The van der Waals surface area contributed by atoms with Crippen molar-refractivity contribution in [3.8, 4) is 5.88 Å². The first kappa shape index (κ1) is 13.5. The second kappa shape index (κ2) is 6.33. The number of rotatable bonds is 4. The Morgan fingerprint density at radius 2 is 2.44 bits per heavy atom. The summed E-state index contributed by atoms with van der Waals surface area (Å²) in [6, 6.07) is 0. The molecular weight excluding hydrogens is 296 g/mol. The second-order valence-electron chi connectivity index (χ2n) is 4.70. The lowest BCUT2D eigenvalue weighted by Gasteiger charge is -2.29. The number of hydrogen-bond acceptors (Lipinski definition) is 5. The number of halogens is 1. The van der Waals surface area contributed by atoms with Crippen molar-refractivity contribution < 1.29 is 4.74 Å². The Labute approximate surface area is 116 Å². The molecule has 1 saturated heterocycles. The van der Waals surface area contributed by atoms with E-state index in [2.05, 4.69) is 43.2 Å². The molecule has 100 valence electrons. The third kappa shape index (κ3) is 3.55. The smallest absolute Gasteiger partial charge is 0.232 e. The summed E-state index contributed by atoms with van der Waals surface area (Å²) in [4.78, 5) is 10.9. The maximum atomic E-state index is 5.15. The van der Waals surface area contributed by atoms with Crippen LogP contribution in [0.25, 0.3) is 0 Å². The molecule has 2 heterocycles. The third-order valence-electron chi connectivity index (χ3n) is 3.18. The monoisotopic (exact) mass is 314 g/mol. The number of nitrogens with zero attached hydrogens (tertiary/aromatic N) is 3. The van der Waals surface area contributed by atoms with Crippen molar-refractivity contribution >= 4 is 21.9 Å². The van der Waals surface area contributed by atoms with Gasteiger partial charge in [-0.15, -0.1) is 0 Å². The molecule has 0 spiro atoms. The minimum atomic E-state index is 0.563. The van der Waals surface area contributed by atoms with Crippen molar-refractivity contribution in [2.75, 3.05) is 39.1 Å². The number of piperidine rings is 1. The average molecular weight is 315 g/mol. The van der Waals surface area contributed by atoms with Crippen LogP contribution in [0, 0.1) is 5.92 Å². The molecule has 1 atom stereocenters. The summed E-state index contributed by atoms with van der Waals surface area (Å²) < 4.78 is 5.92. The van der Waals surface area contributed by atoms with Gasteiger partial charge in [-0.3, -0.25) is 0 Å². The van der Waals surface area contributed by atoms with E-state index in [-0.39, 0.29) is 0 Å². The van der Waals surface area contributed by atoms with Crippen molar-refractivity contribution in [3.05, 3.63) is 10.7 Å². The molecule has 0 saturated carbocycles. The van der Waals surface area contributed by atoms with E-state index in [4.69, 9.17) is 4.74 Å². The van der Waals surface area contributed by atoms with Crippen LogP contribution in [0.15, 0.2) is 10.7 Å². The first-order chi connectivity index (χ1) is 8.69. The molecular formula is C12H19BrN4O. The van der Waals surface area contributed by atoms with Gasteiger partial charge in [-0.25, -0.2) is 4.98 Å². The number of aromatic nitrogens is 2. The SMILES string of the molecule is COc1nc(NCC2CCCN(C)C2)ncc1Br. The van der Waals surface area contributed by atoms with Gasteiger partial charge in [-0.2, -0.15) is 4.98 Å². The highest BCUT2D eigenvalue weighted by atomic mass is 79.9. The molecule has 1 aliphatic heterocycles. The van der Waals surface area contributed by atoms with Crippen LogP contribution < -0.4 is 10.1 Å². The summed E-state index contributed by atoms with van der Waals surface area (Å²) in [5.74, 6) is 1.86. The molecule has 0 bridgehead atoms. The Kier molecular flexibility index (Phi) is 4.77. The lowest BCUT2D eigenvalue weighted by molar-refractivity contribution is 0.217. The molecule has 1 aromatic heterocycles. The van der Waals surface area contributed by atoms with E-state index in [0.717, 1.165) is 17.6 Å². The quantitative estimate of drug-likeness (QED) is 0.921. The summed E-state index contributed by atoms with van der Waals surface area (Å²) in [7, 11) is 3.78. The van der Waals surface area contributed by atoms with E-state index in [1.54, 1.807) is 13.3 Å². The molecule has 6 heteroatoms. The van der Waals surface area contributed by atoms with Crippen molar-refractivity contribution in [3.63, 3.8) is 0 Å². The van der Waals surface area contributed by atoms with Crippen LogP contribution in [0.1, 0.15) is 12.8 Å². The number of likely N-dealkylation sites (tertiary alicyclic amines) is 1. The Morgan fingerprint density at radius 1 is 1.61 bits per heavy atom. The molecule has 0 aromatic carbocycles. The maximum Gasteiger partial charge on any atom is 0.232 e. The second-order valence-corrected chi connectivity index (χ2v) is 5.56. The van der Waals surface area contributed by atoms with Gasteiger partial charge in [0.15, 0.2) is 0 Å². The summed E-state index contributed by atoms with van der Waals surface area (Å²) >= 11 is 3.34. The summed E-state index contributed by atoms with van der Waals surface area (Å²) in [6.45, 7) is 3.26. The molecule has 1 N–H and O–H groups in total. The van der Waals surface area contributed by atoms with E-state index in [1.807, 2.05) is 0 Å². The molecule has 0 radical (unpaired) electrons. The summed E-state index contributed by atoms with van der Waals surface area (Å²) in [5.41, 5.74) is 0. The molecule has 5 nitrogen and oxygen atoms in total. The van der Waals surface area contributed by atoms with E-state index in [9.17, 15) is 0 Å². The summed E-state index contributed by atoms with van der Waals surface area (Å²) in [6.07, 6.45) is 4.25. The fourth-order valence-corrected chi connectivity index (χ4v) is 2.61. The molecule has 2 rings (SSSR count). The number of nitrogens with one attached hydrogen (secondary N) is 1. The van der Waals surface area contributed by atoms with E-state index < -0.39 is 0 Å². The highest BCUT2D eigenvalue weighted by Gasteiger charge is 2.17. The van der Waals surface area contributed by atoms with Gasteiger partial charge in [0.05, 0.1) is 17.8 Å². The number of anilines is 1. The predicted molar refractivity (Wildman–Crippen MR) is 75.0 cm³/mol. The molecule has 1 fully saturated rings. The molecule has 1 aromatic rings. The van der Waals surface area contributed by atoms with Crippen LogP contribution in [0.2, 0.25) is 0 Å². The van der Waals surface area contributed by atoms with E-state index >= 15 is 0 Å². The predicted octanol–water partition coefficient (Wildman–Crippen LogP) is 2.00. The normalized spacial score (nSPS) is 20.7. The number of ether oxygens (including phenoxy) is 1. The highest BCUT2D eigenvalue weighted by Crippen LogP contribution is 2.22. The minimum absolute atomic E-state index is 0.563. The van der Waals surface area contributed by atoms with Gasteiger partial charge in [0.2, 0.25) is 11.8 Å². The van der Waals surface area contributed by atoms with Gasteiger partial charge >= 0.3 is 0 Å². The largest absolute Gasteiger partial charge is 0.480 e. The van der Waals surface area contributed by atoms with Crippen LogP contribution in [0.4, 0.5) is 5.95 Å². The molecule has 18 heavy (non-hydrogen) atoms. The zero-order chi connectivity index (χ0) is 13.0. The van der Waals surface area contributed by atoms with Crippen LogP contribution in [-0.2, 0) is 0 Å². The Morgan fingerprint density at radius 3 is 3.17 bits per heavy atom. The first-order valence-electron chi connectivity index (χ1n) is 6.18. The zero-order valence-electron chi connectivity index (χ0n) is 10.8. The van der Waals surface area contributed by atoms with Crippen LogP contribution in [0.5, 0.6) is 5.88 Å². The minimum Gasteiger partial charge on any atom is -0.480 e. The van der Waals surface area contributed by atoms with Crippen molar-refractivity contribution in [2.45, 2.75) is 12.8 Å². The van der Waals surface area contributed by atoms with Crippen LogP contribution in [0.3, 0.4) is 0 Å². The standard InChI is InChI=1S/C12H19BrN4O/c1-17-5-3-4-9(8-17)6-14-12-15-7-10(13)11(16-12)18-2/h7,9H,3-6,8H2,1-2H3,(H,14,15,16). The van der Waals surface area contributed by atoms with Gasteiger partial charge < -0.3 is 15.0 Å². The molecule has 1 unspecified atom stereocenters. The fourth-order valence-electron chi connectivity index (χ4n) is 2.26. The van der Waals surface area contributed by atoms with Crippen molar-refractivity contribution in [2.24, 2.45) is 5.92 Å². The van der Waals surface area contributed by atoms with Gasteiger partial charge in [0.25, 0.3) is 0 Å². The van der Waals surface area contributed by atoms with E-state index in [0.29, 0.717) is 17.7 Å². The van der Waals surface area contributed by atoms with Crippen molar-refractivity contribution in [1.82, 2.24) is 14.9 Å². The maximum absolute atomic E-state index is 5.15. The first-order valence-corrected chi connectivity index (χ1v) is 6.97. The van der Waals surface area contributed by atoms with Gasteiger partial charge in [-0.1, -0.05) is 0 Å². The van der Waals surface area contributed by atoms with E-state index in [1.165, 1.54) is 19.4 Å². The van der Waals surface area contributed by atoms with Gasteiger partial charge in [0, 0.05) is 13.1 Å². The summed E-state index contributed by atoms with van der Waals surface area (Å²) in [5, 5.41) is 3.29. The Bertz CT molecular complexity index is 402. The lowest BCUT2D eigenvalue weighted by atomic mass is 9.99. The number of methoxy groups -OCH3 is 1. The highest BCUT2D eigenvalue weighted by molar-refractivity contribution is 9.10. The fraction of sp³-hybridized carbons (Fsp3) is 0.667.